The Morgan fingerprint density at radius 2 is 2.17 bits per heavy atom. The lowest BCUT2D eigenvalue weighted by Gasteiger charge is -2.22. The van der Waals surface area contributed by atoms with E-state index in [-0.39, 0.29) is 12.4 Å². The number of likely N-dealkylation sites (tertiary alicyclic amines) is 1. The third-order valence-corrected chi connectivity index (χ3v) is 4.29. The van der Waals surface area contributed by atoms with Gasteiger partial charge in [-0.05, 0) is 19.8 Å². The molecule has 6 nitrogen and oxygen atoms in total. The summed E-state index contributed by atoms with van der Waals surface area (Å²) < 4.78 is 26.5. The highest BCUT2D eigenvalue weighted by molar-refractivity contribution is 5.80. The number of guanidine groups is 1. The zero-order chi connectivity index (χ0) is 17.0. The highest BCUT2D eigenvalue weighted by Gasteiger charge is 2.31. The fourth-order valence-corrected chi connectivity index (χ4v) is 2.81. The molecule has 0 bridgehead atoms. The van der Waals surface area contributed by atoms with Crippen LogP contribution in [0.25, 0.3) is 0 Å². The van der Waals surface area contributed by atoms with E-state index in [1.165, 1.54) is 12.4 Å². The van der Waals surface area contributed by atoms with Gasteiger partial charge in [0.1, 0.15) is 5.82 Å². The Balaban J connectivity index is 1.90. The van der Waals surface area contributed by atoms with Crippen LogP contribution >= 0.6 is 0 Å². The van der Waals surface area contributed by atoms with E-state index in [0.29, 0.717) is 24.0 Å². The minimum Gasteiger partial charge on any atom is -0.352 e. The van der Waals surface area contributed by atoms with Gasteiger partial charge in [-0.1, -0.05) is 6.92 Å². The highest BCUT2D eigenvalue weighted by atomic mass is 19.3. The number of rotatable bonds is 5. The lowest BCUT2D eigenvalue weighted by molar-refractivity contribution is 0.0668. The number of hydrogen-bond acceptors (Lipinski definition) is 3. The first-order valence-corrected chi connectivity index (χ1v) is 7.93. The molecule has 0 aromatic carbocycles. The molecule has 2 heterocycles. The van der Waals surface area contributed by atoms with Gasteiger partial charge in [0.15, 0.2) is 5.96 Å². The third kappa shape index (κ3) is 4.40. The quantitative estimate of drug-likeness (QED) is 0.638. The Morgan fingerprint density at radius 1 is 1.43 bits per heavy atom. The summed E-state index contributed by atoms with van der Waals surface area (Å²) in [4.78, 5) is 10.6. The van der Waals surface area contributed by atoms with E-state index in [9.17, 15) is 8.78 Å². The normalized spacial score (nSPS) is 23.0. The van der Waals surface area contributed by atoms with E-state index < -0.39 is 6.55 Å². The van der Waals surface area contributed by atoms with Gasteiger partial charge in [0, 0.05) is 44.6 Å². The van der Waals surface area contributed by atoms with E-state index in [1.807, 2.05) is 0 Å². The molecule has 1 fully saturated rings. The van der Waals surface area contributed by atoms with Crippen LogP contribution in [-0.4, -0.2) is 52.6 Å². The van der Waals surface area contributed by atoms with Crippen molar-refractivity contribution >= 4 is 5.96 Å². The van der Waals surface area contributed by atoms with Gasteiger partial charge in [0.2, 0.25) is 0 Å². The number of aromatic nitrogens is 2. The topological polar surface area (TPSA) is 57.5 Å². The molecule has 0 amide bonds. The minimum atomic E-state index is -2.58. The number of nitrogens with zero attached hydrogens (tertiary/aromatic N) is 4. The first kappa shape index (κ1) is 17.7. The molecule has 0 spiro atoms. The summed E-state index contributed by atoms with van der Waals surface area (Å²) in [6.45, 7) is 6.19. The predicted molar refractivity (Wildman–Crippen MR) is 86.5 cm³/mol. The third-order valence-electron chi connectivity index (χ3n) is 4.29. The molecular formula is C15H26F2N6. The summed E-state index contributed by atoms with van der Waals surface area (Å²) in [5.41, 5.74) is 0. The highest BCUT2D eigenvalue weighted by Crippen LogP contribution is 2.18. The number of halogens is 2. The van der Waals surface area contributed by atoms with E-state index >= 15 is 0 Å². The van der Waals surface area contributed by atoms with Gasteiger partial charge in [-0.2, -0.15) is 8.78 Å². The molecule has 1 aliphatic heterocycles. The van der Waals surface area contributed by atoms with Gasteiger partial charge in [-0.15, -0.1) is 0 Å². The maximum atomic E-state index is 12.8. The van der Waals surface area contributed by atoms with Gasteiger partial charge in [0.05, 0.1) is 6.54 Å². The van der Waals surface area contributed by atoms with E-state index in [4.69, 9.17) is 0 Å². The van der Waals surface area contributed by atoms with E-state index in [0.717, 1.165) is 17.7 Å². The molecular weight excluding hydrogens is 302 g/mol. The van der Waals surface area contributed by atoms with Crippen molar-refractivity contribution in [2.45, 2.75) is 45.9 Å². The molecule has 0 radical (unpaired) electrons. The number of nitrogens with one attached hydrogen (secondary N) is 2. The summed E-state index contributed by atoms with van der Waals surface area (Å²) in [5, 5.41) is 6.45. The number of imidazole rings is 1. The average Bonchev–Trinajstić information content (AvgIpc) is 3.10. The second kappa shape index (κ2) is 7.72. The summed E-state index contributed by atoms with van der Waals surface area (Å²) in [5.74, 6) is 1.39. The van der Waals surface area contributed by atoms with Crippen LogP contribution in [0.1, 0.15) is 33.1 Å². The van der Waals surface area contributed by atoms with Crippen molar-refractivity contribution in [2.75, 3.05) is 20.1 Å². The van der Waals surface area contributed by atoms with Crippen molar-refractivity contribution < 1.29 is 8.78 Å². The van der Waals surface area contributed by atoms with Crippen LogP contribution in [0.2, 0.25) is 0 Å². The molecule has 0 saturated carbocycles. The van der Waals surface area contributed by atoms with Crippen molar-refractivity contribution in [3.8, 4) is 0 Å². The Kier molecular flexibility index (Phi) is 5.92. The number of alkyl halides is 2. The van der Waals surface area contributed by atoms with Gasteiger partial charge in [0.25, 0.3) is 0 Å². The maximum Gasteiger partial charge on any atom is 0.319 e. The minimum absolute atomic E-state index is 0.200. The Bertz CT molecular complexity index is 528. The second-order valence-electron chi connectivity index (χ2n) is 6.23. The lowest BCUT2D eigenvalue weighted by atomic mass is 10.1. The molecule has 2 rings (SSSR count). The van der Waals surface area contributed by atoms with E-state index in [1.54, 1.807) is 7.05 Å². The first-order chi connectivity index (χ1) is 10.9. The first-order valence-electron chi connectivity index (χ1n) is 7.93. The fourth-order valence-electron chi connectivity index (χ4n) is 2.81. The van der Waals surface area contributed by atoms with E-state index in [2.05, 4.69) is 46.3 Å². The van der Waals surface area contributed by atoms with Crippen LogP contribution in [0.15, 0.2) is 17.4 Å². The zero-order valence-corrected chi connectivity index (χ0v) is 14.1. The summed E-state index contributed by atoms with van der Waals surface area (Å²) in [6, 6.07) is 0.802. The summed E-state index contributed by atoms with van der Waals surface area (Å²) in [7, 11) is 1.68. The van der Waals surface area contributed by atoms with Crippen LogP contribution in [0.3, 0.4) is 0 Å². The molecule has 23 heavy (non-hydrogen) atoms. The van der Waals surface area contributed by atoms with Crippen LogP contribution in [-0.2, 0) is 6.54 Å². The zero-order valence-electron chi connectivity index (χ0n) is 14.1. The smallest absolute Gasteiger partial charge is 0.319 e. The summed E-state index contributed by atoms with van der Waals surface area (Å²) in [6.07, 6.45) is 2.65. The Hall–Kier alpha value is -1.70. The van der Waals surface area contributed by atoms with Gasteiger partial charge in [-0.25, -0.2) is 4.98 Å². The van der Waals surface area contributed by atoms with Crippen molar-refractivity contribution in [3.05, 3.63) is 18.2 Å². The maximum absolute atomic E-state index is 12.8. The molecule has 0 aliphatic carbocycles. The monoisotopic (exact) mass is 328 g/mol. The molecule has 1 aromatic heterocycles. The van der Waals surface area contributed by atoms with Gasteiger partial charge >= 0.3 is 6.55 Å². The van der Waals surface area contributed by atoms with Gasteiger partial charge in [-0.3, -0.25) is 14.5 Å². The average molecular weight is 328 g/mol. The predicted octanol–water partition coefficient (Wildman–Crippen LogP) is 1.67. The Morgan fingerprint density at radius 3 is 2.74 bits per heavy atom. The number of aliphatic imine (C=N–C) groups is 1. The summed E-state index contributed by atoms with van der Waals surface area (Å²) >= 11 is 0. The Labute approximate surface area is 136 Å². The second-order valence-corrected chi connectivity index (χ2v) is 6.23. The molecule has 1 aliphatic rings. The molecule has 1 saturated heterocycles. The molecule has 2 unspecified atom stereocenters. The van der Waals surface area contributed by atoms with Crippen LogP contribution < -0.4 is 10.6 Å². The van der Waals surface area contributed by atoms with Gasteiger partial charge < -0.3 is 10.6 Å². The number of hydrogen-bond donors (Lipinski definition) is 2. The van der Waals surface area contributed by atoms with Crippen molar-refractivity contribution in [2.24, 2.45) is 10.9 Å². The fraction of sp³-hybridized carbons (Fsp3) is 0.733. The van der Waals surface area contributed by atoms with Crippen molar-refractivity contribution in [1.82, 2.24) is 25.1 Å². The molecule has 2 atom stereocenters. The van der Waals surface area contributed by atoms with Crippen LogP contribution in [0.4, 0.5) is 8.78 Å². The SMILES string of the molecule is CN=C(NCc1nccn1C(F)F)NC1CN(C(C)C)CC1C. The van der Waals surface area contributed by atoms with Crippen LogP contribution in [0.5, 0.6) is 0 Å². The standard InChI is InChI=1S/C15H26F2N6/c1-10(2)22-8-11(3)12(9-22)21-15(18-4)20-7-13-19-5-6-23(13)14(16)17/h5-6,10-12,14H,7-9H2,1-4H3,(H2,18,20,21). The largest absolute Gasteiger partial charge is 0.352 e. The molecule has 2 N–H and O–H groups in total. The molecule has 8 heteroatoms. The molecule has 130 valence electrons. The lowest BCUT2D eigenvalue weighted by Crippen LogP contribution is -2.46. The van der Waals surface area contributed by atoms with Crippen LogP contribution in [0, 0.1) is 5.92 Å². The molecule has 1 aromatic rings. The van der Waals surface area contributed by atoms with Crippen molar-refractivity contribution in [3.63, 3.8) is 0 Å². The van der Waals surface area contributed by atoms with Crippen molar-refractivity contribution in [1.29, 1.82) is 0 Å².